The molecule has 0 bridgehead atoms. The zero-order valence-electron chi connectivity index (χ0n) is 15.6. The van der Waals surface area contributed by atoms with Gasteiger partial charge in [-0.1, -0.05) is 18.2 Å². The number of aliphatic hydroxyl groups excluding tert-OH is 1. The number of fused-ring (bicyclic) bond motifs is 1. The first-order chi connectivity index (χ1) is 13.8. The fourth-order valence-electron chi connectivity index (χ4n) is 3.50. The quantitative estimate of drug-likeness (QED) is 0.642. The third kappa shape index (κ3) is 4.18. The number of primary amides is 1. The van der Waals surface area contributed by atoms with Crippen LogP contribution in [0.3, 0.4) is 0 Å². The minimum absolute atomic E-state index is 0.101. The molecule has 0 aliphatic carbocycles. The summed E-state index contributed by atoms with van der Waals surface area (Å²) in [6.07, 6.45) is 0.753. The highest BCUT2D eigenvalue weighted by Gasteiger charge is 2.29. The number of nitrogens with two attached hydrogens (primary N) is 1. The lowest BCUT2D eigenvalue weighted by Gasteiger charge is -2.29. The highest BCUT2D eigenvalue weighted by molar-refractivity contribution is 7.89. The molecule has 0 saturated carbocycles. The van der Waals surface area contributed by atoms with Crippen molar-refractivity contribution in [1.82, 2.24) is 9.29 Å². The van der Waals surface area contributed by atoms with Gasteiger partial charge in [0.2, 0.25) is 15.9 Å². The smallest absolute Gasteiger partial charge is 0.243 e. The molecule has 1 atom stereocenters. The Morgan fingerprint density at radius 1 is 1.24 bits per heavy atom. The van der Waals surface area contributed by atoms with Gasteiger partial charge in [-0.3, -0.25) is 4.79 Å². The van der Waals surface area contributed by atoms with E-state index in [1.165, 1.54) is 15.6 Å². The van der Waals surface area contributed by atoms with Crippen LogP contribution in [-0.4, -0.2) is 47.9 Å². The second kappa shape index (κ2) is 7.83. The van der Waals surface area contributed by atoms with E-state index in [0.717, 1.165) is 21.3 Å². The normalized spacial score (nSPS) is 18.2. The van der Waals surface area contributed by atoms with E-state index in [1.807, 2.05) is 24.3 Å². The number of benzene rings is 2. The maximum Gasteiger partial charge on any atom is 0.243 e. The van der Waals surface area contributed by atoms with Gasteiger partial charge in [-0.15, -0.1) is 11.3 Å². The van der Waals surface area contributed by atoms with Crippen LogP contribution >= 0.6 is 11.3 Å². The number of aliphatic hydroxyl groups is 1. The first-order valence-electron chi connectivity index (χ1n) is 9.29. The van der Waals surface area contributed by atoms with Gasteiger partial charge in [-0.2, -0.15) is 4.31 Å². The number of nitrogens with zero attached hydrogens (tertiary/aromatic N) is 2. The highest BCUT2D eigenvalue weighted by atomic mass is 32.2. The Hall–Kier alpha value is -2.33. The molecule has 152 valence electrons. The molecule has 0 radical (unpaired) electrons. The molecule has 3 N–H and O–H groups in total. The van der Waals surface area contributed by atoms with Crippen LogP contribution in [0.2, 0.25) is 0 Å². The zero-order valence-corrected chi connectivity index (χ0v) is 17.2. The fraction of sp³-hybridized carbons (Fsp3) is 0.300. The van der Waals surface area contributed by atoms with E-state index in [1.54, 1.807) is 18.2 Å². The number of piperidine rings is 1. The number of hydrogen-bond donors (Lipinski definition) is 2. The number of carbonyl (C=O) groups is 1. The highest BCUT2D eigenvalue weighted by Crippen LogP contribution is 2.30. The molecular weight excluding hydrogens is 410 g/mol. The van der Waals surface area contributed by atoms with Crippen molar-refractivity contribution in [3.05, 3.63) is 47.5 Å². The molecule has 1 fully saturated rings. The molecule has 1 saturated heterocycles. The standard InChI is InChI=1S/C20H21N3O4S2/c21-19(25)11-20-22-17-7-6-14(10-18(17)28-20)13-3-1-5-16(9-13)29(26,27)23-8-2-4-15(24)12-23/h1,3,5-7,9-10,15,24H,2,4,8,11-12H2,(H2,21,25). The summed E-state index contributed by atoms with van der Waals surface area (Å²) < 4.78 is 28.3. The molecule has 7 nitrogen and oxygen atoms in total. The average Bonchev–Trinajstić information content (AvgIpc) is 3.08. The molecule has 29 heavy (non-hydrogen) atoms. The van der Waals surface area contributed by atoms with E-state index in [2.05, 4.69) is 4.98 Å². The monoisotopic (exact) mass is 431 g/mol. The van der Waals surface area contributed by atoms with Gasteiger partial charge < -0.3 is 10.8 Å². The molecule has 2 heterocycles. The van der Waals surface area contributed by atoms with Crippen LogP contribution in [0.15, 0.2) is 47.4 Å². The van der Waals surface area contributed by atoms with Crippen LogP contribution in [0.4, 0.5) is 0 Å². The second-order valence-electron chi connectivity index (χ2n) is 7.12. The molecular formula is C20H21N3O4S2. The fourth-order valence-corrected chi connectivity index (χ4v) is 6.08. The lowest BCUT2D eigenvalue weighted by Crippen LogP contribution is -2.42. The van der Waals surface area contributed by atoms with E-state index in [4.69, 9.17) is 5.73 Å². The van der Waals surface area contributed by atoms with Crippen LogP contribution in [0.5, 0.6) is 0 Å². The Morgan fingerprint density at radius 2 is 2.03 bits per heavy atom. The predicted molar refractivity (Wildman–Crippen MR) is 112 cm³/mol. The van der Waals surface area contributed by atoms with E-state index < -0.39 is 22.0 Å². The second-order valence-corrected chi connectivity index (χ2v) is 10.2. The molecule has 1 unspecified atom stereocenters. The molecule has 1 aliphatic rings. The summed E-state index contributed by atoms with van der Waals surface area (Å²) in [5.74, 6) is -0.426. The summed E-state index contributed by atoms with van der Waals surface area (Å²) >= 11 is 1.40. The maximum atomic E-state index is 13.0. The van der Waals surface area contributed by atoms with Gasteiger partial charge >= 0.3 is 0 Å². The first kappa shape index (κ1) is 20.0. The van der Waals surface area contributed by atoms with E-state index in [-0.39, 0.29) is 17.9 Å². The summed E-state index contributed by atoms with van der Waals surface area (Å²) in [6.45, 7) is 0.543. The van der Waals surface area contributed by atoms with Gasteiger partial charge in [-0.05, 0) is 48.2 Å². The van der Waals surface area contributed by atoms with Crippen LogP contribution in [0.25, 0.3) is 21.3 Å². The first-order valence-corrected chi connectivity index (χ1v) is 11.5. The lowest BCUT2D eigenvalue weighted by molar-refractivity contribution is -0.117. The Bertz CT molecular complexity index is 1170. The van der Waals surface area contributed by atoms with E-state index >= 15 is 0 Å². The Labute approximate surface area is 172 Å². The van der Waals surface area contributed by atoms with E-state index in [9.17, 15) is 18.3 Å². The molecule has 4 rings (SSSR count). The summed E-state index contributed by atoms with van der Waals surface area (Å²) in [5.41, 5.74) is 7.66. The van der Waals surface area contributed by atoms with Crippen molar-refractivity contribution >= 4 is 37.5 Å². The molecule has 3 aromatic rings. The Morgan fingerprint density at radius 3 is 2.79 bits per heavy atom. The predicted octanol–water partition coefficient (Wildman–Crippen LogP) is 2.14. The van der Waals surface area contributed by atoms with Crippen molar-refractivity contribution in [2.45, 2.75) is 30.3 Å². The number of hydrogen-bond acceptors (Lipinski definition) is 6. The lowest BCUT2D eigenvalue weighted by atomic mass is 10.1. The van der Waals surface area contributed by atoms with Gasteiger partial charge in [0, 0.05) is 13.1 Å². The Balaban J connectivity index is 1.67. The number of aromatic nitrogens is 1. The third-order valence-electron chi connectivity index (χ3n) is 4.92. The van der Waals surface area contributed by atoms with Gasteiger partial charge in [-0.25, -0.2) is 13.4 Å². The summed E-state index contributed by atoms with van der Waals surface area (Å²) in [7, 11) is -3.67. The Kier molecular flexibility index (Phi) is 5.39. The van der Waals surface area contributed by atoms with Crippen LogP contribution < -0.4 is 5.73 Å². The van der Waals surface area contributed by atoms with Crippen molar-refractivity contribution in [1.29, 1.82) is 0 Å². The van der Waals surface area contributed by atoms with Crippen molar-refractivity contribution in [2.75, 3.05) is 13.1 Å². The minimum atomic E-state index is -3.67. The zero-order chi connectivity index (χ0) is 20.6. The minimum Gasteiger partial charge on any atom is -0.392 e. The number of sulfonamides is 1. The molecule has 2 aromatic carbocycles. The number of β-amino-alcohol motifs (C(OH)–C–C–N with tert-alkyl or cyclic N) is 1. The van der Waals surface area contributed by atoms with Gasteiger partial charge in [0.05, 0.1) is 27.6 Å². The molecule has 1 amide bonds. The maximum absolute atomic E-state index is 13.0. The van der Waals surface area contributed by atoms with Crippen LogP contribution in [0.1, 0.15) is 17.8 Å². The topological polar surface area (TPSA) is 114 Å². The van der Waals surface area contributed by atoms with Gasteiger partial charge in [0.15, 0.2) is 0 Å². The molecule has 9 heteroatoms. The summed E-state index contributed by atoms with van der Waals surface area (Å²) in [6, 6.07) is 12.5. The van der Waals surface area contributed by atoms with Gasteiger partial charge in [0.25, 0.3) is 0 Å². The average molecular weight is 432 g/mol. The van der Waals surface area contributed by atoms with Crippen LogP contribution in [0, 0.1) is 0 Å². The molecule has 1 aliphatic heterocycles. The van der Waals surface area contributed by atoms with Crippen molar-refractivity contribution in [2.24, 2.45) is 5.73 Å². The van der Waals surface area contributed by atoms with E-state index in [0.29, 0.717) is 24.4 Å². The summed E-state index contributed by atoms with van der Waals surface area (Å²) in [4.78, 5) is 15.7. The van der Waals surface area contributed by atoms with Gasteiger partial charge in [0.1, 0.15) is 5.01 Å². The number of thiazole rings is 1. The van der Waals surface area contributed by atoms with Crippen molar-refractivity contribution in [3.63, 3.8) is 0 Å². The summed E-state index contributed by atoms with van der Waals surface area (Å²) in [5, 5.41) is 10.5. The molecule has 0 spiro atoms. The number of carbonyl (C=O) groups excluding carboxylic acids is 1. The van der Waals surface area contributed by atoms with Crippen molar-refractivity contribution < 1.29 is 18.3 Å². The number of rotatable bonds is 5. The van der Waals surface area contributed by atoms with Crippen molar-refractivity contribution in [3.8, 4) is 11.1 Å². The third-order valence-corrected chi connectivity index (χ3v) is 7.80. The number of amides is 1. The molecule has 1 aromatic heterocycles. The largest absolute Gasteiger partial charge is 0.392 e. The SMILES string of the molecule is NC(=O)Cc1nc2ccc(-c3cccc(S(=O)(=O)N4CCCC(O)C4)c3)cc2s1. The van der Waals surface area contributed by atoms with Crippen LogP contribution in [-0.2, 0) is 21.2 Å².